The quantitative estimate of drug-likeness (QED) is 0.660. The van der Waals surface area contributed by atoms with E-state index in [1.165, 1.54) is 0 Å². The van der Waals surface area contributed by atoms with E-state index in [-0.39, 0.29) is 29.7 Å². The molecule has 1 aromatic rings. The van der Waals surface area contributed by atoms with E-state index >= 15 is 0 Å². The van der Waals surface area contributed by atoms with Crippen molar-refractivity contribution >= 4 is 23.3 Å². The van der Waals surface area contributed by atoms with Crippen molar-refractivity contribution in [2.24, 2.45) is 5.73 Å². The molecule has 9 heteroatoms. The number of pyridine rings is 1. The molecular formula is C15H22ClF3N4O. The van der Waals surface area contributed by atoms with E-state index in [0.717, 1.165) is 6.07 Å². The van der Waals surface area contributed by atoms with Crippen molar-refractivity contribution in [1.82, 2.24) is 10.3 Å². The average Bonchev–Trinajstić information content (AvgIpc) is 2.53. The predicted octanol–water partition coefficient (Wildman–Crippen LogP) is 3.19. The Morgan fingerprint density at radius 1 is 1.33 bits per heavy atom. The van der Waals surface area contributed by atoms with Gasteiger partial charge in [0.15, 0.2) is 0 Å². The molecular weight excluding hydrogens is 345 g/mol. The molecule has 0 aliphatic carbocycles. The van der Waals surface area contributed by atoms with Gasteiger partial charge in [-0.05, 0) is 18.9 Å². The van der Waals surface area contributed by atoms with Crippen molar-refractivity contribution in [3.05, 3.63) is 22.8 Å². The van der Waals surface area contributed by atoms with Gasteiger partial charge in [0.1, 0.15) is 5.82 Å². The molecule has 4 N–H and O–H groups in total. The van der Waals surface area contributed by atoms with Crippen LogP contribution in [0.25, 0.3) is 0 Å². The van der Waals surface area contributed by atoms with Crippen LogP contribution in [0.3, 0.4) is 0 Å². The van der Waals surface area contributed by atoms with Crippen LogP contribution in [-0.2, 0) is 11.0 Å². The van der Waals surface area contributed by atoms with Crippen molar-refractivity contribution < 1.29 is 18.0 Å². The van der Waals surface area contributed by atoms with Gasteiger partial charge in [-0.15, -0.1) is 0 Å². The van der Waals surface area contributed by atoms with Gasteiger partial charge < -0.3 is 16.4 Å². The number of aromatic nitrogens is 1. The molecule has 136 valence electrons. The Labute approximate surface area is 144 Å². The smallest absolute Gasteiger partial charge is 0.368 e. The van der Waals surface area contributed by atoms with Gasteiger partial charge in [-0.3, -0.25) is 4.79 Å². The molecule has 0 aromatic carbocycles. The van der Waals surface area contributed by atoms with Crippen molar-refractivity contribution in [1.29, 1.82) is 0 Å². The lowest BCUT2D eigenvalue weighted by atomic mass is 9.93. The highest BCUT2D eigenvalue weighted by Gasteiger charge is 2.31. The fourth-order valence-corrected chi connectivity index (χ4v) is 2.38. The first-order chi connectivity index (χ1) is 11.2. The molecule has 0 unspecified atom stereocenters. The lowest BCUT2D eigenvalue weighted by molar-refractivity contribution is -0.137. The molecule has 0 spiro atoms. The molecule has 0 saturated heterocycles. The summed E-state index contributed by atoms with van der Waals surface area (Å²) in [7, 11) is 0. The molecule has 0 saturated carbocycles. The summed E-state index contributed by atoms with van der Waals surface area (Å²) in [5, 5.41) is 5.51. The number of anilines is 1. The zero-order valence-corrected chi connectivity index (χ0v) is 14.4. The minimum absolute atomic E-state index is 0.105. The maximum Gasteiger partial charge on any atom is 0.417 e. The van der Waals surface area contributed by atoms with E-state index < -0.39 is 17.3 Å². The summed E-state index contributed by atoms with van der Waals surface area (Å²) in [5.74, 6) is -0.0896. The first-order valence-electron chi connectivity index (χ1n) is 7.65. The Kier molecular flexibility index (Phi) is 7.28. The molecule has 1 aromatic heterocycles. The number of nitrogens with one attached hydrogen (secondary N) is 2. The molecule has 24 heavy (non-hydrogen) atoms. The van der Waals surface area contributed by atoms with E-state index in [1.54, 1.807) is 0 Å². The van der Waals surface area contributed by atoms with Crippen LogP contribution in [0.1, 0.15) is 38.7 Å². The van der Waals surface area contributed by atoms with Crippen LogP contribution in [0.2, 0.25) is 5.02 Å². The molecule has 0 radical (unpaired) electrons. The molecule has 0 aliphatic heterocycles. The lowest BCUT2D eigenvalue weighted by Crippen LogP contribution is -2.53. The van der Waals surface area contributed by atoms with Gasteiger partial charge in [0.25, 0.3) is 0 Å². The van der Waals surface area contributed by atoms with Crippen molar-refractivity contribution in [3.63, 3.8) is 0 Å². The number of halogens is 4. The van der Waals surface area contributed by atoms with Crippen molar-refractivity contribution in [3.8, 4) is 0 Å². The highest BCUT2D eigenvalue weighted by atomic mass is 35.5. The number of nitrogens with zero attached hydrogens (tertiary/aromatic N) is 1. The van der Waals surface area contributed by atoms with E-state index in [2.05, 4.69) is 15.6 Å². The van der Waals surface area contributed by atoms with Gasteiger partial charge in [-0.2, -0.15) is 13.2 Å². The fourth-order valence-electron chi connectivity index (χ4n) is 2.14. The minimum Gasteiger partial charge on any atom is -0.368 e. The van der Waals surface area contributed by atoms with Crippen LogP contribution in [0, 0.1) is 0 Å². The third kappa shape index (κ3) is 5.52. The number of carbonyl (C=O) groups is 1. The maximum absolute atomic E-state index is 12.5. The SMILES string of the molecule is CCC(CC)(CN)NC(=O)CCNc1ncc(C(F)(F)F)cc1Cl. The second-order valence-corrected chi connectivity index (χ2v) is 5.88. The molecule has 0 atom stereocenters. The Morgan fingerprint density at radius 3 is 2.42 bits per heavy atom. The van der Waals surface area contributed by atoms with E-state index in [4.69, 9.17) is 17.3 Å². The number of hydrogen-bond acceptors (Lipinski definition) is 4. The number of hydrogen-bond donors (Lipinski definition) is 3. The fraction of sp³-hybridized carbons (Fsp3) is 0.600. The summed E-state index contributed by atoms with van der Waals surface area (Å²) in [4.78, 5) is 15.6. The van der Waals surface area contributed by atoms with Crippen molar-refractivity contribution in [2.45, 2.75) is 44.8 Å². The summed E-state index contributed by atoms with van der Waals surface area (Å²) < 4.78 is 37.6. The van der Waals surface area contributed by atoms with Crippen LogP contribution < -0.4 is 16.4 Å². The highest BCUT2D eigenvalue weighted by Crippen LogP contribution is 2.32. The average molecular weight is 367 g/mol. The normalized spacial score (nSPS) is 12.1. The van der Waals surface area contributed by atoms with Gasteiger partial charge in [0.05, 0.1) is 16.1 Å². The van der Waals surface area contributed by atoms with Gasteiger partial charge in [0, 0.05) is 25.7 Å². The third-order valence-electron chi connectivity index (χ3n) is 3.96. The highest BCUT2D eigenvalue weighted by molar-refractivity contribution is 6.32. The van der Waals surface area contributed by atoms with Crippen LogP contribution >= 0.6 is 11.6 Å². The molecule has 1 heterocycles. The number of carbonyl (C=O) groups excluding carboxylic acids is 1. The topological polar surface area (TPSA) is 80.0 Å². The van der Waals surface area contributed by atoms with Crippen LogP contribution in [-0.4, -0.2) is 29.5 Å². The van der Waals surface area contributed by atoms with Gasteiger partial charge in [-0.25, -0.2) is 4.98 Å². The number of amides is 1. The van der Waals surface area contributed by atoms with E-state index in [1.807, 2.05) is 13.8 Å². The monoisotopic (exact) mass is 366 g/mol. The Morgan fingerprint density at radius 2 is 1.96 bits per heavy atom. The Hall–Kier alpha value is -1.54. The van der Waals surface area contributed by atoms with Crippen LogP contribution in [0.4, 0.5) is 19.0 Å². The second kappa shape index (κ2) is 8.53. The van der Waals surface area contributed by atoms with Crippen molar-refractivity contribution in [2.75, 3.05) is 18.4 Å². The molecule has 1 amide bonds. The first-order valence-corrected chi connectivity index (χ1v) is 8.03. The predicted molar refractivity (Wildman–Crippen MR) is 87.9 cm³/mol. The van der Waals surface area contributed by atoms with E-state index in [0.29, 0.717) is 25.6 Å². The van der Waals surface area contributed by atoms with Gasteiger partial charge >= 0.3 is 6.18 Å². The maximum atomic E-state index is 12.5. The zero-order valence-electron chi connectivity index (χ0n) is 13.6. The summed E-state index contributed by atoms with van der Waals surface area (Å²) in [6.07, 6.45) is -2.25. The standard InChI is InChI=1S/C15H22ClF3N4O/c1-3-14(4-2,9-20)23-12(24)5-6-21-13-11(16)7-10(8-22-13)15(17,18)19/h7-8H,3-6,9,20H2,1-2H3,(H,21,22)(H,23,24). The molecule has 0 fully saturated rings. The van der Waals surface area contributed by atoms with Gasteiger partial charge in [0.2, 0.25) is 5.91 Å². The molecule has 0 bridgehead atoms. The molecule has 1 rings (SSSR count). The largest absolute Gasteiger partial charge is 0.417 e. The zero-order chi connectivity index (χ0) is 18.4. The van der Waals surface area contributed by atoms with E-state index in [9.17, 15) is 18.0 Å². The molecule has 0 aliphatic rings. The van der Waals surface area contributed by atoms with Crippen LogP contribution in [0.5, 0.6) is 0 Å². The molecule has 5 nitrogen and oxygen atoms in total. The Balaban J connectivity index is 2.57. The van der Waals surface area contributed by atoms with Crippen LogP contribution in [0.15, 0.2) is 12.3 Å². The summed E-state index contributed by atoms with van der Waals surface area (Å²) in [5.41, 5.74) is 4.37. The first kappa shape index (κ1) is 20.5. The summed E-state index contributed by atoms with van der Waals surface area (Å²) in [6.45, 7) is 4.42. The second-order valence-electron chi connectivity index (χ2n) is 5.47. The lowest BCUT2D eigenvalue weighted by Gasteiger charge is -2.31. The van der Waals surface area contributed by atoms with Gasteiger partial charge in [-0.1, -0.05) is 25.4 Å². The summed E-state index contributed by atoms with van der Waals surface area (Å²) in [6, 6.07) is 0.796. The number of nitrogens with two attached hydrogens (primary N) is 1. The third-order valence-corrected chi connectivity index (χ3v) is 4.25. The number of alkyl halides is 3. The minimum atomic E-state index is -4.50. The Bertz CT molecular complexity index is 554. The number of rotatable bonds is 8. The summed E-state index contributed by atoms with van der Waals surface area (Å²) >= 11 is 5.78.